The van der Waals surface area contributed by atoms with Gasteiger partial charge in [-0.3, -0.25) is 4.79 Å². The predicted molar refractivity (Wildman–Crippen MR) is 79.2 cm³/mol. The molecule has 5 nitrogen and oxygen atoms in total. The average molecular weight is 339 g/mol. The van der Waals surface area contributed by atoms with E-state index >= 15 is 0 Å². The number of aromatic amines is 2. The molecule has 3 rings (SSSR count). The summed E-state index contributed by atoms with van der Waals surface area (Å²) in [5.74, 6) is 0.0660. The molecule has 106 valence electrons. The van der Waals surface area contributed by atoms with E-state index in [4.69, 9.17) is 4.74 Å². The molecule has 1 aromatic heterocycles. The summed E-state index contributed by atoms with van der Waals surface area (Å²) in [7, 11) is 0. The molecular formula is C14H15BrN2O3. The van der Waals surface area contributed by atoms with Crippen LogP contribution in [0.2, 0.25) is 0 Å². The molecule has 0 saturated carbocycles. The van der Waals surface area contributed by atoms with E-state index in [-0.39, 0.29) is 17.6 Å². The Bertz CT molecular complexity index is 698. The van der Waals surface area contributed by atoms with Gasteiger partial charge in [0.2, 0.25) is 0 Å². The van der Waals surface area contributed by atoms with Crippen molar-refractivity contribution in [3.8, 4) is 0 Å². The van der Waals surface area contributed by atoms with Crippen LogP contribution in [0, 0.1) is 0 Å². The second kappa shape index (κ2) is 5.54. The lowest BCUT2D eigenvalue weighted by molar-refractivity contribution is 0.0859. The van der Waals surface area contributed by atoms with Gasteiger partial charge in [-0.2, -0.15) is 0 Å². The van der Waals surface area contributed by atoms with Crippen molar-refractivity contribution in [2.75, 3.05) is 6.61 Å². The van der Waals surface area contributed by atoms with E-state index in [0.717, 1.165) is 25.9 Å². The first-order valence-electron chi connectivity index (χ1n) is 6.70. The molecule has 0 bridgehead atoms. The van der Waals surface area contributed by atoms with E-state index in [9.17, 15) is 9.59 Å². The fourth-order valence-corrected chi connectivity index (χ4v) is 3.13. The molecule has 0 amide bonds. The Morgan fingerprint density at radius 2 is 2.10 bits per heavy atom. The molecule has 1 aliphatic rings. The van der Waals surface area contributed by atoms with Crippen LogP contribution in [-0.2, 0) is 4.74 Å². The molecule has 6 heteroatoms. The molecule has 1 fully saturated rings. The number of imidazole rings is 1. The first-order chi connectivity index (χ1) is 9.63. The summed E-state index contributed by atoms with van der Waals surface area (Å²) >= 11 is 3.39. The SMILES string of the molecule is O=C(CCC1CCCO1)c1cc2[nH]c(=O)[nH]c2cc1Br. The van der Waals surface area contributed by atoms with Crippen LogP contribution >= 0.6 is 15.9 Å². The van der Waals surface area contributed by atoms with E-state index < -0.39 is 0 Å². The second-order valence-electron chi connectivity index (χ2n) is 5.05. The van der Waals surface area contributed by atoms with Crippen LogP contribution in [0.1, 0.15) is 36.0 Å². The number of ether oxygens (including phenoxy) is 1. The zero-order valence-electron chi connectivity index (χ0n) is 10.9. The van der Waals surface area contributed by atoms with Crippen molar-refractivity contribution in [3.63, 3.8) is 0 Å². The average Bonchev–Trinajstić information content (AvgIpc) is 3.03. The van der Waals surface area contributed by atoms with Crippen LogP contribution in [0.3, 0.4) is 0 Å². The van der Waals surface area contributed by atoms with Gasteiger partial charge in [0.1, 0.15) is 0 Å². The third-order valence-corrected chi connectivity index (χ3v) is 4.28. The molecular weight excluding hydrogens is 324 g/mol. The topological polar surface area (TPSA) is 75.0 Å². The summed E-state index contributed by atoms with van der Waals surface area (Å²) in [6.07, 6.45) is 3.56. The molecule has 2 aromatic rings. The van der Waals surface area contributed by atoms with Gasteiger partial charge in [0, 0.05) is 23.1 Å². The third-order valence-electron chi connectivity index (χ3n) is 3.62. The van der Waals surface area contributed by atoms with Crippen LogP contribution in [0.4, 0.5) is 0 Å². The monoisotopic (exact) mass is 338 g/mol. The molecule has 1 atom stereocenters. The summed E-state index contributed by atoms with van der Waals surface area (Å²) in [6, 6.07) is 3.47. The number of fused-ring (bicyclic) bond motifs is 1. The Balaban J connectivity index is 1.79. The maximum Gasteiger partial charge on any atom is 0.323 e. The number of benzene rings is 1. The second-order valence-corrected chi connectivity index (χ2v) is 5.91. The highest BCUT2D eigenvalue weighted by atomic mass is 79.9. The zero-order valence-corrected chi connectivity index (χ0v) is 12.5. The van der Waals surface area contributed by atoms with Gasteiger partial charge in [-0.25, -0.2) is 4.79 Å². The minimum Gasteiger partial charge on any atom is -0.378 e. The Labute approximate surface area is 123 Å². The van der Waals surface area contributed by atoms with E-state index in [2.05, 4.69) is 25.9 Å². The number of hydrogen-bond donors (Lipinski definition) is 2. The van der Waals surface area contributed by atoms with Crippen LogP contribution in [0.15, 0.2) is 21.4 Å². The molecule has 1 unspecified atom stereocenters. The fourth-order valence-electron chi connectivity index (χ4n) is 2.57. The van der Waals surface area contributed by atoms with Gasteiger partial charge in [0.15, 0.2) is 5.78 Å². The van der Waals surface area contributed by atoms with Crippen molar-refractivity contribution in [2.24, 2.45) is 0 Å². The summed E-state index contributed by atoms with van der Waals surface area (Å²) in [6.45, 7) is 0.805. The Kier molecular flexibility index (Phi) is 3.76. The van der Waals surface area contributed by atoms with Crippen molar-refractivity contribution in [1.82, 2.24) is 9.97 Å². The molecule has 2 N–H and O–H groups in total. The van der Waals surface area contributed by atoms with Gasteiger partial charge in [0.05, 0.1) is 17.1 Å². The highest BCUT2D eigenvalue weighted by Gasteiger charge is 2.19. The Morgan fingerprint density at radius 1 is 1.35 bits per heavy atom. The van der Waals surface area contributed by atoms with Crippen molar-refractivity contribution >= 4 is 32.7 Å². The van der Waals surface area contributed by atoms with Gasteiger partial charge in [-0.15, -0.1) is 0 Å². The number of nitrogens with one attached hydrogen (secondary N) is 2. The van der Waals surface area contributed by atoms with E-state index in [1.54, 1.807) is 12.1 Å². The molecule has 0 radical (unpaired) electrons. The molecule has 0 spiro atoms. The van der Waals surface area contributed by atoms with Crippen molar-refractivity contribution in [2.45, 2.75) is 31.8 Å². The molecule has 20 heavy (non-hydrogen) atoms. The maximum atomic E-state index is 12.3. The minimum absolute atomic E-state index is 0.0660. The first-order valence-corrected chi connectivity index (χ1v) is 7.49. The van der Waals surface area contributed by atoms with Gasteiger partial charge >= 0.3 is 5.69 Å². The third kappa shape index (κ3) is 2.71. The lowest BCUT2D eigenvalue weighted by Crippen LogP contribution is -2.09. The fraction of sp³-hybridized carbons (Fsp3) is 0.429. The first kappa shape index (κ1) is 13.6. The van der Waals surface area contributed by atoms with Gasteiger partial charge < -0.3 is 14.7 Å². The van der Waals surface area contributed by atoms with Crippen molar-refractivity contribution in [1.29, 1.82) is 0 Å². The Morgan fingerprint density at radius 3 is 2.80 bits per heavy atom. The van der Waals surface area contributed by atoms with Crippen molar-refractivity contribution < 1.29 is 9.53 Å². The maximum absolute atomic E-state index is 12.3. The molecule has 1 aromatic carbocycles. The summed E-state index contributed by atoms with van der Waals surface area (Å²) < 4.78 is 6.23. The highest BCUT2D eigenvalue weighted by Crippen LogP contribution is 2.25. The predicted octanol–water partition coefficient (Wildman–Crippen LogP) is 2.76. The number of rotatable bonds is 4. The molecule has 1 aliphatic heterocycles. The largest absolute Gasteiger partial charge is 0.378 e. The standard InChI is InChI=1S/C14H15BrN2O3/c15-10-7-12-11(16-14(19)17-12)6-9(10)13(18)4-3-8-2-1-5-20-8/h6-8H,1-5H2,(H2,16,17,19). The van der Waals surface area contributed by atoms with Gasteiger partial charge in [-0.05, 0) is 47.3 Å². The van der Waals surface area contributed by atoms with Gasteiger partial charge in [-0.1, -0.05) is 0 Å². The van der Waals surface area contributed by atoms with Crippen LogP contribution < -0.4 is 5.69 Å². The summed E-state index contributed by atoms with van der Waals surface area (Å²) in [5.41, 5.74) is 1.68. The number of halogens is 1. The van der Waals surface area contributed by atoms with E-state index in [1.165, 1.54) is 0 Å². The number of hydrogen-bond acceptors (Lipinski definition) is 3. The number of Topliss-reactive ketones (excluding diaryl/α,β-unsaturated/α-hetero) is 1. The van der Waals surface area contributed by atoms with Gasteiger partial charge in [0.25, 0.3) is 0 Å². The normalized spacial score (nSPS) is 18.8. The van der Waals surface area contributed by atoms with Crippen LogP contribution in [-0.4, -0.2) is 28.5 Å². The zero-order chi connectivity index (χ0) is 14.1. The van der Waals surface area contributed by atoms with E-state index in [0.29, 0.717) is 27.5 Å². The Hall–Kier alpha value is -1.40. The number of ketones is 1. The number of carbonyl (C=O) groups is 1. The quantitative estimate of drug-likeness (QED) is 0.841. The molecule has 2 heterocycles. The smallest absolute Gasteiger partial charge is 0.323 e. The molecule has 1 saturated heterocycles. The van der Waals surface area contributed by atoms with E-state index in [1.807, 2.05) is 0 Å². The lowest BCUT2D eigenvalue weighted by Gasteiger charge is -2.09. The number of carbonyl (C=O) groups excluding carboxylic acids is 1. The van der Waals surface area contributed by atoms with Crippen LogP contribution in [0.5, 0.6) is 0 Å². The molecule has 0 aliphatic carbocycles. The highest BCUT2D eigenvalue weighted by molar-refractivity contribution is 9.10. The lowest BCUT2D eigenvalue weighted by atomic mass is 10.0. The number of aromatic nitrogens is 2. The number of H-pyrrole nitrogens is 2. The van der Waals surface area contributed by atoms with Crippen LogP contribution in [0.25, 0.3) is 11.0 Å². The minimum atomic E-state index is -0.268. The summed E-state index contributed by atoms with van der Waals surface area (Å²) in [4.78, 5) is 28.9. The van der Waals surface area contributed by atoms with Crippen molar-refractivity contribution in [3.05, 3.63) is 32.7 Å². The summed E-state index contributed by atoms with van der Waals surface area (Å²) in [5, 5.41) is 0.